The van der Waals surface area contributed by atoms with Crippen LogP contribution in [0.1, 0.15) is 44.9 Å². The summed E-state index contributed by atoms with van der Waals surface area (Å²) in [4.78, 5) is 17.1. The maximum atomic E-state index is 12.7. The average Bonchev–Trinajstić information content (AvgIpc) is 3.01. The summed E-state index contributed by atoms with van der Waals surface area (Å²) < 4.78 is 0. The van der Waals surface area contributed by atoms with Crippen LogP contribution < -0.4 is 5.32 Å². The van der Waals surface area contributed by atoms with Gasteiger partial charge in [-0.05, 0) is 37.8 Å². The molecular formula is C18H27N3O. The highest BCUT2D eigenvalue weighted by Gasteiger charge is 2.35. The molecule has 1 aromatic carbocycles. The number of amides is 2. The first-order valence-corrected chi connectivity index (χ1v) is 8.36. The molecule has 4 heteroatoms. The van der Waals surface area contributed by atoms with E-state index in [4.69, 9.17) is 0 Å². The average molecular weight is 301 g/mol. The fourth-order valence-electron chi connectivity index (χ4n) is 3.68. The number of nitrogens with zero attached hydrogens (tertiary/aromatic N) is 2. The minimum Gasteiger partial charge on any atom is -0.334 e. The Kier molecular flexibility index (Phi) is 4.13. The van der Waals surface area contributed by atoms with E-state index in [1.165, 1.54) is 11.1 Å². The lowest BCUT2D eigenvalue weighted by Gasteiger charge is -2.26. The summed E-state index contributed by atoms with van der Waals surface area (Å²) in [5.41, 5.74) is 2.55. The quantitative estimate of drug-likeness (QED) is 0.911. The predicted molar refractivity (Wildman–Crippen MR) is 88.6 cm³/mol. The molecule has 0 spiro atoms. The Morgan fingerprint density at radius 3 is 2.59 bits per heavy atom. The topological polar surface area (TPSA) is 35.6 Å². The van der Waals surface area contributed by atoms with Gasteiger partial charge < -0.3 is 10.2 Å². The fourth-order valence-corrected chi connectivity index (χ4v) is 3.68. The highest BCUT2D eigenvalue weighted by Crippen LogP contribution is 2.33. The number of carbonyl (C=O) groups excluding carboxylic acids is 1. The monoisotopic (exact) mass is 301 g/mol. The van der Waals surface area contributed by atoms with Crippen molar-refractivity contribution < 1.29 is 4.79 Å². The van der Waals surface area contributed by atoms with Gasteiger partial charge in [0.2, 0.25) is 0 Å². The lowest BCUT2D eigenvalue weighted by Crippen LogP contribution is -2.46. The van der Waals surface area contributed by atoms with Crippen molar-refractivity contribution in [1.82, 2.24) is 15.1 Å². The van der Waals surface area contributed by atoms with E-state index in [0.717, 1.165) is 19.6 Å². The maximum absolute atomic E-state index is 12.7. The normalized spacial score (nSPS) is 28.2. The van der Waals surface area contributed by atoms with Crippen LogP contribution in [0.15, 0.2) is 24.3 Å². The summed E-state index contributed by atoms with van der Waals surface area (Å²) >= 11 is 0. The first-order valence-electron chi connectivity index (χ1n) is 8.36. The van der Waals surface area contributed by atoms with Gasteiger partial charge in [0.05, 0.1) is 6.04 Å². The predicted octanol–water partition coefficient (Wildman–Crippen LogP) is 3.00. The zero-order chi connectivity index (χ0) is 15.9. The van der Waals surface area contributed by atoms with Gasteiger partial charge in [0.25, 0.3) is 0 Å². The molecular weight excluding hydrogens is 274 g/mol. The first-order chi connectivity index (χ1) is 10.5. The van der Waals surface area contributed by atoms with Crippen molar-refractivity contribution >= 4 is 6.03 Å². The molecule has 2 heterocycles. The molecule has 1 aromatic rings. The van der Waals surface area contributed by atoms with E-state index in [1.807, 2.05) is 11.0 Å². The number of nitrogens with one attached hydrogen (secondary N) is 1. The highest BCUT2D eigenvalue weighted by atomic mass is 16.2. The molecule has 1 saturated heterocycles. The second-order valence-electron chi connectivity index (χ2n) is 7.08. The number of hydrogen-bond acceptors (Lipinski definition) is 2. The van der Waals surface area contributed by atoms with Crippen LogP contribution >= 0.6 is 0 Å². The Hall–Kier alpha value is -1.55. The van der Waals surface area contributed by atoms with Crippen LogP contribution in [0.3, 0.4) is 0 Å². The van der Waals surface area contributed by atoms with Crippen molar-refractivity contribution in [2.45, 2.75) is 52.4 Å². The van der Waals surface area contributed by atoms with E-state index in [1.54, 1.807) is 0 Å². The van der Waals surface area contributed by atoms with Crippen LogP contribution in [0, 0.1) is 5.92 Å². The SMILES string of the molecule is CC(C)N1C[C@H](NC(=O)N2Cc3ccccc3[C@@H]2C)[C@@H](C)C1. The van der Waals surface area contributed by atoms with Crippen molar-refractivity contribution in [3.63, 3.8) is 0 Å². The number of benzene rings is 1. The second kappa shape index (κ2) is 5.92. The lowest BCUT2D eigenvalue weighted by molar-refractivity contribution is 0.178. The molecule has 1 fully saturated rings. The third-order valence-corrected chi connectivity index (χ3v) is 5.25. The van der Waals surface area contributed by atoms with Crippen LogP contribution in [0.2, 0.25) is 0 Å². The Morgan fingerprint density at radius 1 is 1.23 bits per heavy atom. The number of fused-ring (bicyclic) bond motifs is 1. The largest absolute Gasteiger partial charge is 0.334 e. The standard InChI is InChI=1S/C18H27N3O/c1-12(2)20-9-13(3)17(11-20)19-18(22)21-10-15-7-5-6-8-16(15)14(21)4/h5-8,12-14,17H,9-11H2,1-4H3,(H,19,22)/t13-,14-,17-/m0/s1. The van der Waals surface area contributed by atoms with Gasteiger partial charge >= 0.3 is 6.03 Å². The Bertz CT molecular complexity index is 557. The number of urea groups is 1. The van der Waals surface area contributed by atoms with Gasteiger partial charge in [-0.3, -0.25) is 4.90 Å². The first kappa shape index (κ1) is 15.3. The van der Waals surface area contributed by atoms with Crippen molar-refractivity contribution in [3.05, 3.63) is 35.4 Å². The molecule has 3 atom stereocenters. The number of hydrogen-bond donors (Lipinski definition) is 1. The zero-order valence-corrected chi connectivity index (χ0v) is 14.0. The highest BCUT2D eigenvalue weighted by molar-refractivity contribution is 5.76. The van der Waals surface area contributed by atoms with Crippen LogP contribution in [0.5, 0.6) is 0 Å². The second-order valence-corrected chi connectivity index (χ2v) is 7.08. The molecule has 0 aromatic heterocycles. The summed E-state index contributed by atoms with van der Waals surface area (Å²) in [6.45, 7) is 11.5. The summed E-state index contributed by atoms with van der Waals surface area (Å²) in [5.74, 6) is 0.506. The zero-order valence-electron chi connectivity index (χ0n) is 14.0. The van der Waals surface area contributed by atoms with Gasteiger partial charge in [-0.15, -0.1) is 0 Å². The summed E-state index contributed by atoms with van der Waals surface area (Å²) in [5, 5.41) is 3.27. The Labute approximate surface area is 133 Å². The van der Waals surface area contributed by atoms with E-state index in [9.17, 15) is 4.79 Å². The smallest absolute Gasteiger partial charge is 0.318 e. The molecule has 0 unspecified atom stereocenters. The molecule has 0 bridgehead atoms. The third kappa shape index (κ3) is 2.72. The van der Waals surface area contributed by atoms with E-state index in [2.05, 4.69) is 56.1 Å². The Balaban J connectivity index is 1.64. The number of rotatable bonds is 2. The van der Waals surface area contributed by atoms with Crippen LogP contribution in [0.25, 0.3) is 0 Å². The van der Waals surface area contributed by atoms with Crippen molar-refractivity contribution in [3.8, 4) is 0 Å². The van der Waals surface area contributed by atoms with Crippen LogP contribution in [-0.4, -0.2) is 41.0 Å². The van der Waals surface area contributed by atoms with Gasteiger partial charge in [-0.2, -0.15) is 0 Å². The molecule has 0 aliphatic carbocycles. The lowest BCUT2D eigenvalue weighted by atomic mass is 10.1. The van der Waals surface area contributed by atoms with Gasteiger partial charge in [0, 0.05) is 31.7 Å². The maximum Gasteiger partial charge on any atom is 0.318 e. The molecule has 3 rings (SSSR count). The van der Waals surface area contributed by atoms with Gasteiger partial charge in [0.1, 0.15) is 0 Å². The van der Waals surface area contributed by atoms with E-state index in [-0.39, 0.29) is 18.1 Å². The molecule has 2 aliphatic rings. The van der Waals surface area contributed by atoms with Gasteiger partial charge in [-0.1, -0.05) is 31.2 Å². The fraction of sp³-hybridized carbons (Fsp3) is 0.611. The van der Waals surface area contributed by atoms with Crippen LogP contribution in [-0.2, 0) is 6.54 Å². The molecule has 1 N–H and O–H groups in total. The van der Waals surface area contributed by atoms with E-state index in [0.29, 0.717) is 12.0 Å². The van der Waals surface area contributed by atoms with Gasteiger partial charge in [-0.25, -0.2) is 4.79 Å². The third-order valence-electron chi connectivity index (χ3n) is 5.25. The minimum absolute atomic E-state index is 0.0751. The van der Waals surface area contributed by atoms with E-state index < -0.39 is 0 Å². The molecule has 4 nitrogen and oxygen atoms in total. The molecule has 2 amide bonds. The summed E-state index contributed by atoms with van der Waals surface area (Å²) in [6, 6.07) is 9.39. The van der Waals surface area contributed by atoms with Gasteiger partial charge in [0.15, 0.2) is 0 Å². The summed E-state index contributed by atoms with van der Waals surface area (Å²) in [7, 11) is 0. The number of carbonyl (C=O) groups is 1. The molecule has 2 aliphatic heterocycles. The number of likely N-dealkylation sites (tertiary alicyclic amines) is 1. The molecule has 120 valence electrons. The van der Waals surface area contributed by atoms with Crippen LogP contribution in [0.4, 0.5) is 4.79 Å². The van der Waals surface area contributed by atoms with Crippen molar-refractivity contribution in [1.29, 1.82) is 0 Å². The van der Waals surface area contributed by atoms with Crippen molar-refractivity contribution in [2.24, 2.45) is 5.92 Å². The summed E-state index contributed by atoms with van der Waals surface area (Å²) in [6.07, 6.45) is 0. The molecule has 22 heavy (non-hydrogen) atoms. The molecule has 0 radical (unpaired) electrons. The molecule has 0 saturated carbocycles. The van der Waals surface area contributed by atoms with Crippen molar-refractivity contribution in [2.75, 3.05) is 13.1 Å². The van der Waals surface area contributed by atoms with E-state index >= 15 is 0 Å². The Morgan fingerprint density at radius 2 is 1.95 bits per heavy atom. The minimum atomic E-state index is 0.0751.